The predicted octanol–water partition coefficient (Wildman–Crippen LogP) is 5.75. The molecule has 3 fully saturated rings. The van der Waals surface area contributed by atoms with Gasteiger partial charge in [0.25, 0.3) is 0 Å². The van der Waals surface area contributed by atoms with Crippen LogP contribution in [0.4, 0.5) is 5.69 Å². The van der Waals surface area contributed by atoms with Crippen LogP contribution in [0.15, 0.2) is 78.9 Å². The van der Waals surface area contributed by atoms with Gasteiger partial charge in [0.2, 0.25) is 11.8 Å². The molecule has 37 heavy (non-hydrogen) atoms. The molecule has 6 atom stereocenters. The highest BCUT2D eigenvalue weighted by Gasteiger charge is 2.67. The third kappa shape index (κ3) is 3.41. The third-order valence-corrected chi connectivity index (χ3v) is 8.79. The summed E-state index contributed by atoms with van der Waals surface area (Å²) in [6.07, 6.45) is 5.48. The summed E-state index contributed by atoms with van der Waals surface area (Å²) >= 11 is 0. The molecule has 2 amide bonds. The number of imide groups is 1. The summed E-state index contributed by atoms with van der Waals surface area (Å²) in [5.74, 6) is 0.877. The lowest BCUT2D eigenvalue weighted by Crippen LogP contribution is -2.40. The number of ether oxygens (including phenoxy) is 1. The molecule has 1 saturated heterocycles. The lowest BCUT2D eigenvalue weighted by molar-refractivity contribution is -0.124. The maximum absolute atomic E-state index is 13.3. The molecule has 5 aliphatic rings. The summed E-state index contributed by atoms with van der Waals surface area (Å²) in [5, 5.41) is 0. The lowest BCUT2D eigenvalue weighted by atomic mass is 9.63. The number of amides is 2. The fourth-order valence-electron chi connectivity index (χ4n) is 6.81. The van der Waals surface area contributed by atoms with Gasteiger partial charge in [-0.25, -0.2) is 4.79 Å². The molecule has 0 aromatic heterocycles. The van der Waals surface area contributed by atoms with E-state index in [0.717, 1.165) is 23.1 Å². The van der Waals surface area contributed by atoms with E-state index in [4.69, 9.17) is 4.74 Å². The second kappa shape index (κ2) is 8.01. The van der Waals surface area contributed by atoms with Crippen molar-refractivity contribution in [2.24, 2.45) is 35.5 Å². The minimum Gasteiger partial charge on any atom is -0.423 e. The molecule has 8 rings (SSSR count). The first-order chi connectivity index (χ1) is 17.9. The average Bonchev–Trinajstić information content (AvgIpc) is 3.69. The van der Waals surface area contributed by atoms with Crippen molar-refractivity contribution in [2.45, 2.75) is 20.3 Å². The number of hydrogen-bond donors (Lipinski definition) is 0. The third-order valence-electron chi connectivity index (χ3n) is 8.79. The van der Waals surface area contributed by atoms with E-state index in [1.165, 1.54) is 10.5 Å². The number of hydrogen-bond acceptors (Lipinski definition) is 4. The number of esters is 1. The van der Waals surface area contributed by atoms with Gasteiger partial charge in [0.05, 0.1) is 23.1 Å². The normalized spacial score (nSPS) is 28.8. The Morgan fingerprint density at radius 1 is 0.784 bits per heavy atom. The van der Waals surface area contributed by atoms with Gasteiger partial charge in [0.1, 0.15) is 5.75 Å². The Hall–Kier alpha value is -3.99. The van der Waals surface area contributed by atoms with E-state index in [-0.39, 0.29) is 35.5 Å². The van der Waals surface area contributed by atoms with Crippen LogP contribution in [0, 0.1) is 49.4 Å². The van der Waals surface area contributed by atoms with Crippen molar-refractivity contribution in [1.82, 2.24) is 0 Å². The monoisotopic (exact) mass is 489 g/mol. The van der Waals surface area contributed by atoms with Crippen LogP contribution >= 0.6 is 0 Å². The molecule has 2 saturated carbocycles. The second-order valence-electron chi connectivity index (χ2n) is 10.9. The number of anilines is 1. The number of nitrogens with zero attached hydrogens (tertiary/aromatic N) is 1. The van der Waals surface area contributed by atoms with Crippen LogP contribution in [0.1, 0.15) is 27.9 Å². The number of benzene rings is 3. The van der Waals surface area contributed by atoms with Crippen LogP contribution in [0.2, 0.25) is 0 Å². The van der Waals surface area contributed by atoms with Gasteiger partial charge in [-0.2, -0.15) is 0 Å². The average molecular weight is 490 g/mol. The molecule has 2 bridgehead atoms. The molecule has 3 aromatic rings. The Labute approximate surface area is 215 Å². The molecule has 4 aliphatic carbocycles. The van der Waals surface area contributed by atoms with E-state index < -0.39 is 5.97 Å². The maximum atomic E-state index is 13.3. The second-order valence-corrected chi connectivity index (χ2v) is 10.9. The quantitative estimate of drug-likeness (QED) is 0.203. The fourth-order valence-corrected chi connectivity index (χ4v) is 6.81. The minimum absolute atomic E-state index is 0.0979. The van der Waals surface area contributed by atoms with Gasteiger partial charge in [-0.1, -0.05) is 48.0 Å². The van der Waals surface area contributed by atoms with E-state index in [0.29, 0.717) is 28.8 Å². The summed E-state index contributed by atoms with van der Waals surface area (Å²) in [5.41, 5.74) is 5.12. The van der Waals surface area contributed by atoms with Crippen LogP contribution in [0.5, 0.6) is 5.75 Å². The van der Waals surface area contributed by atoms with E-state index in [9.17, 15) is 14.4 Å². The maximum Gasteiger partial charge on any atom is 0.343 e. The van der Waals surface area contributed by atoms with Crippen LogP contribution in [0.3, 0.4) is 0 Å². The summed E-state index contributed by atoms with van der Waals surface area (Å²) in [4.78, 5) is 40.9. The first-order valence-corrected chi connectivity index (χ1v) is 13.0. The van der Waals surface area contributed by atoms with Crippen molar-refractivity contribution < 1.29 is 19.1 Å². The largest absolute Gasteiger partial charge is 0.423 e. The zero-order chi connectivity index (χ0) is 25.4. The van der Waals surface area contributed by atoms with E-state index in [1.807, 2.05) is 25.1 Å². The number of allylic oxidation sites excluding steroid dienone is 2. The number of carbonyl (C=O) groups excluding carboxylic acids is 3. The molecule has 0 radical (unpaired) electrons. The van der Waals surface area contributed by atoms with Crippen LogP contribution in [-0.2, 0) is 9.59 Å². The zero-order valence-electron chi connectivity index (χ0n) is 20.8. The number of aryl methyl sites for hydroxylation is 2. The van der Waals surface area contributed by atoms with Gasteiger partial charge in [-0.05, 0) is 97.0 Å². The molecule has 5 nitrogen and oxygen atoms in total. The van der Waals surface area contributed by atoms with Gasteiger partial charge in [-0.15, -0.1) is 0 Å². The summed E-state index contributed by atoms with van der Waals surface area (Å²) in [6, 6.07) is 20.7. The number of carbonyl (C=O) groups is 3. The highest BCUT2D eigenvalue weighted by atomic mass is 16.5. The van der Waals surface area contributed by atoms with E-state index in [1.54, 1.807) is 24.3 Å². The summed E-state index contributed by atoms with van der Waals surface area (Å²) in [7, 11) is 0. The molecular formula is C32H27NO4. The first kappa shape index (κ1) is 22.2. The van der Waals surface area contributed by atoms with Crippen molar-refractivity contribution in [3.8, 4) is 16.9 Å². The Kier molecular flexibility index (Phi) is 4.81. The van der Waals surface area contributed by atoms with Gasteiger partial charge >= 0.3 is 5.97 Å². The van der Waals surface area contributed by atoms with Crippen molar-refractivity contribution >= 4 is 23.5 Å². The topological polar surface area (TPSA) is 63.7 Å². The smallest absolute Gasteiger partial charge is 0.343 e. The predicted molar refractivity (Wildman–Crippen MR) is 140 cm³/mol. The van der Waals surface area contributed by atoms with Crippen LogP contribution in [0.25, 0.3) is 11.1 Å². The van der Waals surface area contributed by atoms with Gasteiger partial charge in [0, 0.05) is 0 Å². The van der Waals surface area contributed by atoms with Crippen molar-refractivity contribution in [3.63, 3.8) is 0 Å². The first-order valence-electron chi connectivity index (χ1n) is 13.0. The Bertz CT molecular complexity index is 1450. The molecular weight excluding hydrogens is 462 g/mol. The van der Waals surface area contributed by atoms with Crippen LogP contribution in [-0.4, -0.2) is 17.8 Å². The highest BCUT2D eigenvalue weighted by Crippen LogP contribution is 2.65. The molecule has 0 spiro atoms. The van der Waals surface area contributed by atoms with Crippen molar-refractivity contribution in [3.05, 3.63) is 95.6 Å². The molecule has 3 aromatic carbocycles. The number of rotatable bonds is 4. The zero-order valence-corrected chi connectivity index (χ0v) is 20.8. The molecule has 184 valence electrons. The minimum atomic E-state index is -0.479. The summed E-state index contributed by atoms with van der Waals surface area (Å²) < 4.78 is 5.68. The Morgan fingerprint density at radius 2 is 1.38 bits per heavy atom. The molecule has 5 heteroatoms. The standard InChI is InChI=1S/C32H27NO4/c1-17-3-5-19(6-4-17)21-9-14-27(18(2)15-21)37-32(36)20-7-10-22(11-8-20)33-30(34)28-23-12-13-24(26-16-25(23)26)29(28)31(33)35/h3-15,23-26,28-29H,16H2,1-2H3/t23-,24-,25-,26-,28+,29+/m0/s1. The fraction of sp³-hybridized carbons (Fsp3) is 0.281. The van der Waals surface area contributed by atoms with Crippen molar-refractivity contribution in [1.29, 1.82) is 0 Å². The SMILES string of the molecule is Cc1ccc(-c2ccc(OC(=O)c3ccc(N4C(=O)[C@@H]5[C@H]6C=C[C@@H]([C@@H]7C[C@@H]67)[C@H]5C4=O)cc3)c(C)c2)cc1. The van der Waals surface area contributed by atoms with E-state index >= 15 is 0 Å². The van der Waals surface area contributed by atoms with Gasteiger partial charge in [-0.3, -0.25) is 14.5 Å². The summed E-state index contributed by atoms with van der Waals surface area (Å²) in [6.45, 7) is 3.97. The van der Waals surface area contributed by atoms with Crippen molar-refractivity contribution in [2.75, 3.05) is 4.90 Å². The lowest BCUT2D eigenvalue weighted by Gasteiger charge is -2.37. The molecule has 1 heterocycles. The Balaban J connectivity index is 1.07. The van der Waals surface area contributed by atoms with Crippen LogP contribution < -0.4 is 9.64 Å². The van der Waals surface area contributed by atoms with Gasteiger partial charge < -0.3 is 4.74 Å². The van der Waals surface area contributed by atoms with E-state index in [2.05, 4.69) is 43.3 Å². The molecule has 0 N–H and O–H groups in total. The molecule has 0 unspecified atom stereocenters. The highest BCUT2D eigenvalue weighted by molar-refractivity contribution is 6.22. The van der Waals surface area contributed by atoms with Gasteiger partial charge in [0.15, 0.2) is 0 Å². The Morgan fingerprint density at radius 3 is 1.97 bits per heavy atom. The molecule has 1 aliphatic heterocycles.